The molecule has 0 amide bonds. The van der Waals surface area contributed by atoms with E-state index in [0.29, 0.717) is 22.5 Å². The van der Waals surface area contributed by atoms with Crippen LogP contribution >= 0.6 is 0 Å². The van der Waals surface area contributed by atoms with Crippen molar-refractivity contribution in [3.8, 4) is 0 Å². The first-order valence-corrected chi connectivity index (χ1v) is 16.0. The number of aromatic nitrogens is 4. The van der Waals surface area contributed by atoms with Gasteiger partial charge in [0.2, 0.25) is 0 Å². The SMILES string of the molecule is O=C(OC[C@H]1O[C@@H](n2cnc3c(NC4CCCC4)nc(C(O)c4ccccc4)nc32)[C@@H](F)[C@@H]1OC(=O)c1ccccc1)c1ccccc1. The lowest BCUT2D eigenvalue weighted by atomic mass is 10.1. The van der Waals surface area contributed by atoms with Gasteiger partial charge < -0.3 is 24.6 Å². The summed E-state index contributed by atoms with van der Waals surface area (Å²) in [6, 6.07) is 25.7. The number of imidazole rings is 1. The smallest absolute Gasteiger partial charge is 0.338 e. The zero-order chi connectivity index (χ0) is 33.0. The predicted molar refractivity (Wildman–Crippen MR) is 173 cm³/mol. The molecule has 5 aromatic rings. The van der Waals surface area contributed by atoms with Crippen LogP contribution in [0.3, 0.4) is 0 Å². The molecule has 0 radical (unpaired) electrons. The average molecular weight is 652 g/mol. The number of fused-ring (bicyclic) bond motifs is 1. The van der Waals surface area contributed by atoms with Gasteiger partial charge in [-0.1, -0.05) is 79.6 Å². The molecule has 12 heteroatoms. The van der Waals surface area contributed by atoms with E-state index in [2.05, 4.69) is 20.3 Å². The summed E-state index contributed by atoms with van der Waals surface area (Å²) in [7, 11) is 0. The summed E-state index contributed by atoms with van der Waals surface area (Å²) in [5.74, 6) is -0.857. The van der Waals surface area contributed by atoms with Crippen molar-refractivity contribution in [1.29, 1.82) is 0 Å². The molecule has 48 heavy (non-hydrogen) atoms. The van der Waals surface area contributed by atoms with Crippen molar-refractivity contribution in [2.75, 3.05) is 11.9 Å². The third kappa shape index (κ3) is 6.49. The summed E-state index contributed by atoms with van der Waals surface area (Å²) in [5.41, 5.74) is 1.72. The van der Waals surface area contributed by atoms with E-state index >= 15 is 4.39 Å². The number of hydrogen-bond acceptors (Lipinski definition) is 10. The van der Waals surface area contributed by atoms with Gasteiger partial charge in [-0.2, -0.15) is 0 Å². The maximum absolute atomic E-state index is 16.6. The van der Waals surface area contributed by atoms with Crippen molar-refractivity contribution in [3.05, 3.63) is 120 Å². The van der Waals surface area contributed by atoms with E-state index in [9.17, 15) is 14.7 Å². The fourth-order valence-electron chi connectivity index (χ4n) is 6.16. The number of halogens is 1. The Hall–Kier alpha value is -5.20. The lowest BCUT2D eigenvalue weighted by Gasteiger charge is -2.19. The predicted octanol–water partition coefficient (Wildman–Crippen LogP) is 5.58. The van der Waals surface area contributed by atoms with Gasteiger partial charge in [-0.05, 0) is 42.7 Å². The largest absolute Gasteiger partial charge is 0.459 e. The molecule has 11 nitrogen and oxygen atoms in total. The van der Waals surface area contributed by atoms with Crippen LogP contribution < -0.4 is 5.32 Å². The minimum Gasteiger partial charge on any atom is -0.459 e. The van der Waals surface area contributed by atoms with Crippen molar-refractivity contribution < 1.29 is 33.3 Å². The number of alkyl halides is 1. The molecule has 2 N–H and O–H groups in total. The second-order valence-corrected chi connectivity index (χ2v) is 11.9. The Morgan fingerprint density at radius 1 is 0.917 bits per heavy atom. The number of aliphatic hydroxyl groups is 1. The molecule has 1 unspecified atom stereocenters. The Labute approximate surface area is 275 Å². The molecular formula is C36H34FN5O6. The van der Waals surface area contributed by atoms with Gasteiger partial charge in [0, 0.05) is 6.04 Å². The van der Waals surface area contributed by atoms with Crippen LogP contribution in [-0.2, 0) is 14.2 Å². The topological polar surface area (TPSA) is 138 Å². The Kier molecular flexibility index (Phi) is 9.08. The number of rotatable bonds is 10. The first kappa shape index (κ1) is 31.4. The van der Waals surface area contributed by atoms with Crippen molar-refractivity contribution in [1.82, 2.24) is 19.5 Å². The summed E-state index contributed by atoms with van der Waals surface area (Å²) in [6.07, 6.45) is -1.55. The summed E-state index contributed by atoms with van der Waals surface area (Å²) in [4.78, 5) is 39.7. The third-order valence-corrected chi connectivity index (χ3v) is 8.68. The highest BCUT2D eigenvalue weighted by molar-refractivity contribution is 5.90. The summed E-state index contributed by atoms with van der Waals surface area (Å²) in [5, 5.41) is 14.8. The molecule has 1 aliphatic heterocycles. The van der Waals surface area contributed by atoms with E-state index in [-0.39, 0.29) is 29.7 Å². The third-order valence-electron chi connectivity index (χ3n) is 8.68. The number of aliphatic hydroxyl groups excluding tert-OH is 1. The van der Waals surface area contributed by atoms with E-state index in [4.69, 9.17) is 14.2 Å². The van der Waals surface area contributed by atoms with Gasteiger partial charge in [-0.15, -0.1) is 0 Å². The molecule has 2 fully saturated rings. The van der Waals surface area contributed by atoms with Crippen LogP contribution in [0.1, 0.15) is 70.1 Å². The van der Waals surface area contributed by atoms with Crippen LogP contribution in [0.4, 0.5) is 10.2 Å². The van der Waals surface area contributed by atoms with E-state index in [1.807, 2.05) is 6.07 Å². The van der Waals surface area contributed by atoms with Gasteiger partial charge in [0.1, 0.15) is 18.8 Å². The molecular weight excluding hydrogens is 617 g/mol. The minimum atomic E-state index is -1.90. The van der Waals surface area contributed by atoms with E-state index in [1.165, 1.54) is 10.9 Å². The second kappa shape index (κ2) is 13.9. The number of ether oxygens (including phenoxy) is 3. The highest BCUT2D eigenvalue weighted by Gasteiger charge is 2.50. The fraction of sp³-hybridized carbons (Fsp3) is 0.306. The first-order valence-electron chi connectivity index (χ1n) is 16.0. The van der Waals surface area contributed by atoms with Crippen LogP contribution in [0, 0.1) is 0 Å². The van der Waals surface area contributed by atoms with Gasteiger partial charge in [0.25, 0.3) is 0 Å². The number of nitrogens with zero attached hydrogens (tertiary/aromatic N) is 4. The molecule has 1 saturated carbocycles. The van der Waals surface area contributed by atoms with Crippen LogP contribution in [0.15, 0.2) is 97.3 Å². The lowest BCUT2D eigenvalue weighted by molar-refractivity contribution is -0.0570. The molecule has 1 saturated heterocycles. The maximum Gasteiger partial charge on any atom is 0.338 e. The normalized spacial score (nSPS) is 21.6. The van der Waals surface area contributed by atoms with Gasteiger partial charge in [0.15, 0.2) is 41.3 Å². The minimum absolute atomic E-state index is 0.102. The van der Waals surface area contributed by atoms with Crippen molar-refractivity contribution in [2.45, 2.75) is 62.4 Å². The molecule has 3 heterocycles. The monoisotopic (exact) mass is 651 g/mol. The van der Waals surface area contributed by atoms with Crippen LogP contribution in [-0.4, -0.2) is 67.6 Å². The molecule has 3 aromatic carbocycles. The fourth-order valence-corrected chi connectivity index (χ4v) is 6.16. The summed E-state index contributed by atoms with van der Waals surface area (Å²) in [6.45, 7) is -0.383. The van der Waals surface area contributed by atoms with Crippen LogP contribution in [0.5, 0.6) is 0 Å². The molecule has 1 aliphatic carbocycles. The second-order valence-electron chi connectivity index (χ2n) is 11.9. The number of carbonyl (C=O) groups is 2. The Morgan fingerprint density at radius 2 is 1.54 bits per heavy atom. The quantitative estimate of drug-likeness (QED) is 0.184. The molecule has 0 bridgehead atoms. The standard InChI is InChI=1S/C36H34FN5O6/c37-27-30(48-36(45)24-16-8-3-9-17-24)26(20-46-35(44)23-14-6-2-7-15-23)47-34(27)42-21-38-28-31(39-25-18-10-11-19-25)40-32(41-33(28)42)29(43)22-12-4-1-5-13-22/h1-9,12-17,21,25-27,29-30,34,43H,10-11,18-20H2,(H,39,40,41)/t26-,27+,29?,30-,34-/m1/s1. The first-order chi connectivity index (χ1) is 23.5. The van der Waals surface area contributed by atoms with Crippen LogP contribution in [0.25, 0.3) is 11.2 Å². The lowest BCUT2D eigenvalue weighted by Crippen LogP contribution is -2.37. The Morgan fingerprint density at radius 3 is 2.21 bits per heavy atom. The average Bonchev–Trinajstić information content (AvgIpc) is 3.88. The van der Waals surface area contributed by atoms with E-state index in [0.717, 1.165) is 25.7 Å². The van der Waals surface area contributed by atoms with E-state index < -0.39 is 42.7 Å². The van der Waals surface area contributed by atoms with E-state index in [1.54, 1.807) is 84.9 Å². The van der Waals surface area contributed by atoms with Gasteiger partial charge in [-0.25, -0.2) is 28.9 Å². The van der Waals surface area contributed by atoms with Gasteiger partial charge in [-0.3, -0.25) is 4.57 Å². The van der Waals surface area contributed by atoms with Gasteiger partial charge in [0.05, 0.1) is 17.5 Å². The zero-order valence-electron chi connectivity index (χ0n) is 25.9. The Bertz CT molecular complexity index is 1870. The number of anilines is 1. The number of benzene rings is 3. The zero-order valence-corrected chi connectivity index (χ0v) is 25.9. The van der Waals surface area contributed by atoms with Crippen molar-refractivity contribution >= 4 is 28.9 Å². The highest BCUT2D eigenvalue weighted by Crippen LogP contribution is 2.38. The number of hydrogen-bond donors (Lipinski definition) is 2. The highest BCUT2D eigenvalue weighted by atomic mass is 19.1. The number of carbonyl (C=O) groups excluding carboxylic acids is 2. The Balaban J connectivity index is 1.23. The number of nitrogens with one attached hydrogen (secondary N) is 1. The number of esters is 2. The van der Waals surface area contributed by atoms with Crippen molar-refractivity contribution in [2.24, 2.45) is 0 Å². The summed E-state index contributed by atoms with van der Waals surface area (Å²) >= 11 is 0. The molecule has 246 valence electrons. The molecule has 2 aromatic heterocycles. The maximum atomic E-state index is 16.6. The van der Waals surface area contributed by atoms with Crippen LogP contribution in [0.2, 0.25) is 0 Å². The summed E-state index contributed by atoms with van der Waals surface area (Å²) < 4.78 is 35.3. The molecule has 2 aliphatic rings. The molecule has 0 spiro atoms. The molecule has 7 rings (SSSR count). The molecule has 5 atom stereocenters. The van der Waals surface area contributed by atoms with Gasteiger partial charge >= 0.3 is 11.9 Å². The van der Waals surface area contributed by atoms with Crippen molar-refractivity contribution in [3.63, 3.8) is 0 Å².